The standard InChI is InChI=1S/C20H28O3Si/c1-3-5-6-13-18-24(21-4-2,22-19-14-9-7-10-15-19)23-20-16-11-8-12-17-20/h7-12,14-17H,3-6,13,18H2,1-2H3. The largest absolute Gasteiger partial charge is 0.632 e. The first-order chi connectivity index (χ1) is 11.8. The second kappa shape index (κ2) is 10.2. The van der Waals surface area contributed by atoms with E-state index in [4.69, 9.17) is 13.3 Å². The van der Waals surface area contributed by atoms with Crippen molar-refractivity contribution in [2.24, 2.45) is 0 Å². The predicted molar refractivity (Wildman–Crippen MR) is 100 cm³/mol. The molecule has 0 unspecified atom stereocenters. The molecule has 4 heteroatoms. The lowest BCUT2D eigenvalue weighted by molar-refractivity contribution is 0.172. The van der Waals surface area contributed by atoms with Gasteiger partial charge in [0.05, 0.1) is 0 Å². The maximum Gasteiger partial charge on any atom is 0.632 e. The lowest BCUT2D eigenvalue weighted by atomic mass is 10.2. The van der Waals surface area contributed by atoms with Crippen molar-refractivity contribution in [2.75, 3.05) is 6.61 Å². The zero-order chi connectivity index (χ0) is 17.1. The van der Waals surface area contributed by atoms with Gasteiger partial charge in [0.2, 0.25) is 0 Å². The summed E-state index contributed by atoms with van der Waals surface area (Å²) in [6.07, 6.45) is 4.67. The molecule has 0 aliphatic heterocycles. The van der Waals surface area contributed by atoms with E-state index in [1.807, 2.05) is 67.6 Å². The van der Waals surface area contributed by atoms with Crippen LogP contribution in [-0.4, -0.2) is 15.4 Å². The first-order valence-corrected chi connectivity index (χ1v) is 10.8. The Morgan fingerprint density at radius 3 is 1.71 bits per heavy atom. The Labute approximate surface area is 146 Å². The molecule has 0 heterocycles. The Balaban J connectivity index is 2.17. The monoisotopic (exact) mass is 344 g/mol. The molecule has 0 bridgehead atoms. The van der Waals surface area contributed by atoms with Gasteiger partial charge >= 0.3 is 8.80 Å². The second-order valence-corrected chi connectivity index (χ2v) is 8.32. The van der Waals surface area contributed by atoms with Gasteiger partial charge < -0.3 is 13.3 Å². The van der Waals surface area contributed by atoms with Gasteiger partial charge in [0.1, 0.15) is 11.5 Å². The van der Waals surface area contributed by atoms with Gasteiger partial charge in [-0.05, 0) is 37.6 Å². The summed E-state index contributed by atoms with van der Waals surface area (Å²) in [6.45, 7) is 4.80. The van der Waals surface area contributed by atoms with Gasteiger partial charge in [-0.1, -0.05) is 62.6 Å². The Kier molecular flexibility index (Phi) is 7.85. The molecule has 0 fully saturated rings. The number of unbranched alkanes of at least 4 members (excludes halogenated alkanes) is 3. The molecule has 2 aromatic rings. The predicted octanol–water partition coefficient (Wildman–Crippen LogP) is 5.70. The molecule has 0 N–H and O–H groups in total. The molecular formula is C20H28O3Si. The highest BCUT2D eigenvalue weighted by Crippen LogP contribution is 2.26. The molecule has 0 spiro atoms. The summed E-state index contributed by atoms with van der Waals surface area (Å²) < 4.78 is 18.8. The molecule has 0 aliphatic rings. The zero-order valence-corrected chi connectivity index (χ0v) is 15.7. The van der Waals surface area contributed by atoms with E-state index >= 15 is 0 Å². The van der Waals surface area contributed by atoms with Crippen molar-refractivity contribution < 1.29 is 13.3 Å². The fourth-order valence-corrected chi connectivity index (χ4v) is 5.20. The molecule has 2 aromatic carbocycles. The molecule has 0 atom stereocenters. The molecule has 3 nitrogen and oxygen atoms in total. The van der Waals surface area contributed by atoms with Crippen molar-refractivity contribution >= 4 is 8.80 Å². The van der Waals surface area contributed by atoms with Crippen LogP contribution in [-0.2, 0) is 4.43 Å². The van der Waals surface area contributed by atoms with E-state index in [2.05, 4.69) is 6.92 Å². The minimum Gasteiger partial charge on any atom is -0.492 e. The molecule has 2 rings (SSSR count). The number of benzene rings is 2. The van der Waals surface area contributed by atoms with Crippen LogP contribution in [0.5, 0.6) is 11.5 Å². The van der Waals surface area contributed by atoms with Gasteiger partial charge in [0, 0.05) is 12.7 Å². The van der Waals surface area contributed by atoms with E-state index in [0.29, 0.717) is 6.61 Å². The highest BCUT2D eigenvalue weighted by atomic mass is 28.4. The molecular weight excluding hydrogens is 316 g/mol. The van der Waals surface area contributed by atoms with Crippen LogP contribution in [0.15, 0.2) is 60.7 Å². The Morgan fingerprint density at radius 1 is 0.708 bits per heavy atom. The molecule has 0 aliphatic carbocycles. The third-order valence-electron chi connectivity index (χ3n) is 3.73. The van der Waals surface area contributed by atoms with Crippen molar-refractivity contribution in [3.63, 3.8) is 0 Å². The van der Waals surface area contributed by atoms with Crippen molar-refractivity contribution in [3.8, 4) is 11.5 Å². The van der Waals surface area contributed by atoms with Gasteiger partial charge in [0.15, 0.2) is 0 Å². The number of hydrogen-bond donors (Lipinski definition) is 0. The highest BCUT2D eigenvalue weighted by molar-refractivity contribution is 6.62. The quantitative estimate of drug-likeness (QED) is 0.386. The van der Waals surface area contributed by atoms with Crippen LogP contribution in [0.4, 0.5) is 0 Å². The van der Waals surface area contributed by atoms with Crippen molar-refractivity contribution in [1.29, 1.82) is 0 Å². The minimum absolute atomic E-state index is 0.583. The fraction of sp³-hybridized carbons (Fsp3) is 0.400. The number of para-hydroxylation sites is 2. The second-order valence-electron chi connectivity index (χ2n) is 5.76. The van der Waals surface area contributed by atoms with E-state index in [1.165, 1.54) is 19.3 Å². The van der Waals surface area contributed by atoms with Crippen LogP contribution < -0.4 is 8.85 Å². The normalized spacial score (nSPS) is 11.2. The molecule has 0 saturated carbocycles. The molecule has 130 valence electrons. The Bertz CT molecular complexity index is 518. The Morgan fingerprint density at radius 2 is 1.25 bits per heavy atom. The van der Waals surface area contributed by atoms with Crippen molar-refractivity contribution in [3.05, 3.63) is 60.7 Å². The third-order valence-corrected chi connectivity index (χ3v) is 6.52. The van der Waals surface area contributed by atoms with E-state index in [0.717, 1.165) is 24.0 Å². The van der Waals surface area contributed by atoms with Gasteiger partial charge in [-0.2, -0.15) is 0 Å². The van der Waals surface area contributed by atoms with Crippen LogP contribution >= 0.6 is 0 Å². The van der Waals surface area contributed by atoms with Crippen LogP contribution in [0.25, 0.3) is 0 Å². The van der Waals surface area contributed by atoms with Crippen molar-refractivity contribution in [1.82, 2.24) is 0 Å². The first-order valence-electron chi connectivity index (χ1n) is 8.90. The van der Waals surface area contributed by atoms with E-state index in [-0.39, 0.29) is 0 Å². The molecule has 0 aromatic heterocycles. The summed E-state index contributed by atoms with van der Waals surface area (Å²) in [5.74, 6) is 1.62. The lowest BCUT2D eigenvalue weighted by Gasteiger charge is -2.30. The van der Waals surface area contributed by atoms with Gasteiger partial charge in [0.25, 0.3) is 0 Å². The number of hydrogen-bond acceptors (Lipinski definition) is 3. The van der Waals surface area contributed by atoms with Gasteiger partial charge in [-0.25, -0.2) is 0 Å². The SMILES string of the molecule is CCCCCC[Si](OCC)(Oc1ccccc1)Oc1ccccc1. The van der Waals surface area contributed by atoms with Gasteiger partial charge in [-0.15, -0.1) is 0 Å². The van der Waals surface area contributed by atoms with Crippen molar-refractivity contribution in [2.45, 2.75) is 45.6 Å². The summed E-state index contributed by atoms with van der Waals surface area (Å²) in [6, 6.07) is 20.5. The van der Waals surface area contributed by atoms with Crippen LogP contribution in [0.3, 0.4) is 0 Å². The van der Waals surface area contributed by atoms with Crippen LogP contribution in [0.2, 0.25) is 6.04 Å². The first kappa shape index (κ1) is 18.6. The lowest BCUT2D eigenvalue weighted by Crippen LogP contribution is -2.51. The Hall–Kier alpha value is -1.78. The minimum atomic E-state index is -2.83. The average molecular weight is 345 g/mol. The summed E-state index contributed by atoms with van der Waals surface area (Å²) in [7, 11) is -2.83. The topological polar surface area (TPSA) is 27.7 Å². The zero-order valence-electron chi connectivity index (χ0n) is 14.7. The summed E-state index contributed by atoms with van der Waals surface area (Å²) >= 11 is 0. The molecule has 24 heavy (non-hydrogen) atoms. The summed E-state index contributed by atoms with van der Waals surface area (Å²) in [4.78, 5) is 0. The fourth-order valence-electron chi connectivity index (χ4n) is 2.58. The summed E-state index contributed by atoms with van der Waals surface area (Å²) in [5.41, 5.74) is 0. The van der Waals surface area contributed by atoms with Gasteiger partial charge in [-0.3, -0.25) is 0 Å². The average Bonchev–Trinajstić information content (AvgIpc) is 2.61. The smallest absolute Gasteiger partial charge is 0.492 e. The van der Waals surface area contributed by atoms with E-state index in [1.54, 1.807) is 0 Å². The molecule has 0 saturated heterocycles. The van der Waals surface area contributed by atoms with Crippen LogP contribution in [0, 0.1) is 0 Å². The number of rotatable bonds is 11. The van der Waals surface area contributed by atoms with Crippen LogP contribution in [0.1, 0.15) is 39.5 Å². The van der Waals surface area contributed by atoms with E-state index in [9.17, 15) is 0 Å². The maximum absolute atomic E-state index is 6.32. The summed E-state index contributed by atoms with van der Waals surface area (Å²) in [5, 5.41) is 0. The molecule has 0 radical (unpaired) electrons. The highest BCUT2D eigenvalue weighted by Gasteiger charge is 2.45. The maximum atomic E-state index is 6.32. The van der Waals surface area contributed by atoms with E-state index < -0.39 is 8.80 Å². The molecule has 0 amide bonds. The third kappa shape index (κ3) is 6.02.